The molecule has 0 atom stereocenters. The van der Waals surface area contributed by atoms with Gasteiger partial charge >= 0.3 is 6.11 Å². The van der Waals surface area contributed by atoms with Crippen molar-refractivity contribution in [2.24, 2.45) is 0 Å². The second kappa shape index (κ2) is 11.4. The van der Waals surface area contributed by atoms with E-state index in [0.717, 1.165) is 18.2 Å². The molecule has 0 unspecified atom stereocenters. The van der Waals surface area contributed by atoms with Crippen molar-refractivity contribution in [3.8, 4) is 34.5 Å². The highest BCUT2D eigenvalue weighted by molar-refractivity contribution is 5.65. The molecular formula is C29H14F10O2. The minimum Gasteiger partial charge on any atom is -0.494 e. The molecule has 0 N–H and O–H groups in total. The van der Waals surface area contributed by atoms with Crippen LogP contribution >= 0.6 is 0 Å². The molecule has 0 spiro atoms. The summed E-state index contributed by atoms with van der Waals surface area (Å²) in [7, 11) is 0. The topological polar surface area (TPSA) is 18.5 Å². The van der Waals surface area contributed by atoms with Crippen LogP contribution in [0.15, 0.2) is 54.6 Å². The molecule has 41 heavy (non-hydrogen) atoms. The molecule has 212 valence electrons. The van der Waals surface area contributed by atoms with Crippen LogP contribution in [-0.4, -0.2) is 6.61 Å². The third kappa shape index (κ3) is 6.24. The molecule has 0 amide bonds. The summed E-state index contributed by atoms with van der Waals surface area (Å²) in [6, 6.07) is 5.66. The molecule has 0 aliphatic heterocycles. The molecular weight excluding hydrogens is 570 g/mol. The van der Waals surface area contributed by atoms with Crippen molar-refractivity contribution in [3.63, 3.8) is 0 Å². The molecule has 0 saturated heterocycles. The summed E-state index contributed by atoms with van der Waals surface area (Å²) in [5, 5.41) is 0. The lowest BCUT2D eigenvalue weighted by atomic mass is 10.0. The number of rotatable bonds is 6. The molecule has 4 aromatic rings. The lowest BCUT2D eigenvalue weighted by Gasteiger charge is -2.20. The van der Waals surface area contributed by atoms with Gasteiger partial charge in [0.1, 0.15) is 46.1 Å². The van der Waals surface area contributed by atoms with Gasteiger partial charge < -0.3 is 9.47 Å². The van der Waals surface area contributed by atoms with E-state index in [4.69, 9.17) is 4.74 Å². The van der Waals surface area contributed by atoms with Crippen molar-refractivity contribution in [3.05, 3.63) is 118 Å². The largest absolute Gasteiger partial charge is 0.494 e. The van der Waals surface area contributed by atoms with Crippen LogP contribution in [-0.2, 0) is 6.11 Å². The first-order valence-electron chi connectivity index (χ1n) is 11.5. The molecule has 0 radical (unpaired) electrons. The lowest BCUT2D eigenvalue weighted by Crippen LogP contribution is -2.25. The SMILES string of the molecule is CCOc1cc(F)c(C(F)(F)Oc2cc(F)c(C#Cc3ccc(-c4cc(F)c(F)c(F)c4)c(F)c3)c(F)c2)c(F)c1. The average molecular weight is 584 g/mol. The van der Waals surface area contributed by atoms with Crippen molar-refractivity contribution in [1.82, 2.24) is 0 Å². The molecule has 4 rings (SSSR count). The van der Waals surface area contributed by atoms with Crippen LogP contribution in [0.3, 0.4) is 0 Å². The van der Waals surface area contributed by atoms with E-state index in [0.29, 0.717) is 36.4 Å². The van der Waals surface area contributed by atoms with Crippen LogP contribution in [0.5, 0.6) is 11.5 Å². The fourth-order valence-electron chi connectivity index (χ4n) is 3.68. The van der Waals surface area contributed by atoms with Crippen molar-refractivity contribution in [2.75, 3.05) is 6.61 Å². The number of ether oxygens (including phenoxy) is 2. The van der Waals surface area contributed by atoms with Gasteiger partial charge in [0.25, 0.3) is 0 Å². The fraction of sp³-hybridized carbons (Fsp3) is 0.103. The van der Waals surface area contributed by atoms with E-state index < -0.39 is 69.5 Å². The van der Waals surface area contributed by atoms with Gasteiger partial charge in [-0.3, -0.25) is 0 Å². The third-order valence-corrected chi connectivity index (χ3v) is 5.48. The minimum absolute atomic E-state index is 0.00237. The van der Waals surface area contributed by atoms with Gasteiger partial charge in [0.2, 0.25) is 0 Å². The molecule has 0 bridgehead atoms. The van der Waals surface area contributed by atoms with Crippen LogP contribution in [0.1, 0.15) is 23.6 Å². The number of halogens is 10. The normalized spacial score (nSPS) is 11.2. The van der Waals surface area contributed by atoms with Crippen molar-refractivity contribution >= 4 is 0 Å². The molecule has 0 aliphatic rings. The molecule has 4 aromatic carbocycles. The van der Waals surface area contributed by atoms with Gasteiger partial charge in [0.15, 0.2) is 17.5 Å². The second-order valence-electron chi connectivity index (χ2n) is 8.27. The van der Waals surface area contributed by atoms with Crippen molar-refractivity contribution in [2.45, 2.75) is 13.0 Å². The van der Waals surface area contributed by atoms with E-state index >= 15 is 0 Å². The summed E-state index contributed by atoms with van der Waals surface area (Å²) in [4.78, 5) is 0. The molecule has 0 aromatic heterocycles. The maximum atomic E-state index is 14.6. The van der Waals surface area contributed by atoms with E-state index in [9.17, 15) is 43.9 Å². The highest BCUT2D eigenvalue weighted by Gasteiger charge is 2.41. The molecule has 0 heterocycles. The third-order valence-electron chi connectivity index (χ3n) is 5.48. The van der Waals surface area contributed by atoms with Gasteiger partial charge in [-0.2, -0.15) is 8.78 Å². The average Bonchev–Trinajstić information content (AvgIpc) is 2.86. The van der Waals surface area contributed by atoms with Crippen molar-refractivity contribution in [1.29, 1.82) is 0 Å². The predicted octanol–water partition coefficient (Wildman–Crippen LogP) is 8.39. The zero-order valence-corrected chi connectivity index (χ0v) is 20.5. The Morgan fingerprint density at radius 2 is 1.20 bits per heavy atom. The Hall–Kier alpha value is -4.66. The Balaban J connectivity index is 1.59. The van der Waals surface area contributed by atoms with Crippen LogP contribution in [0, 0.1) is 58.4 Å². The molecule has 2 nitrogen and oxygen atoms in total. The summed E-state index contributed by atoms with van der Waals surface area (Å²) < 4.78 is 150. The van der Waals surface area contributed by atoms with Gasteiger partial charge in [-0.05, 0) is 36.8 Å². The summed E-state index contributed by atoms with van der Waals surface area (Å²) in [6.07, 6.45) is -4.69. The smallest absolute Gasteiger partial charge is 0.432 e. The van der Waals surface area contributed by atoms with Crippen LogP contribution < -0.4 is 9.47 Å². The standard InChI is InChI=1S/C29H14F10O2/c1-2-40-16-10-23(33)27(24(34)11-16)29(38,39)41-17-12-21(31)19(22(32)13-17)6-4-14-3-5-18(20(30)7-14)15-8-25(35)28(37)26(36)9-15/h3,5,7-13H,2H2,1H3. The predicted molar refractivity (Wildman–Crippen MR) is 126 cm³/mol. The first-order valence-corrected chi connectivity index (χ1v) is 11.5. The highest BCUT2D eigenvalue weighted by Crippen LogP contribution is 2.37. The maximum Gasteiger partial charge on any atom is 0.432 e. The second-order valence-corrected chi connectivity index (χ2v) is 8.27. The van der Waals surface area contributed by atoms with Crippen LogP contribution in [0.2, 0.25) is 0 Å². The van der Waals surface area contributed by atoms with E-state index in [1.165, 1.54) is 6.92 Å². The lowest BCUT2D eigenvalue weighted by molar-refractivity contribution is -0.189. The Bertz CT molecular complexity index is 1640. The summed E-state index contributed by atoms with van der Waals surface area (Å²) in [5.41, 5.74) is -3.56. The number of hydrogen-bond donors (Lipinski definition) is 0. The van der Waals surface area contributed by atoms with E-state index in [1.807, 2.05) is 0 Å². The van der Waals surface area contributed by atoms with Gasteiger partial charge in [-0.1, -0.05) is 17.9 Å². The maximum absolute atomic E-state index is 14.6. The number of hydrogen-bond acceptors (Lipinski definition) is 2. The van der Waals surface area contributed by atoms with E-state index in [-0.39, 0.29) is 29.0 Å². The Labute approximate surface area is 225 Å². The zero-order chi connectivity index (χ0) is 30.1. The zero-order valence-electron chi connectivity index (χ0n) is 20.5. The van der Waals surface area contributed by atoms with Crippen LogP contribution in [0.4, 0.5) is 43.9 Å². The Kier molecular flexibility index (Phi) is 8.19. The number of alkyl halides is 2. The quantitative estimate of drug-likeness (QED) is 0.129. The van der Waals surface area contributed by atoms with Crippen molar-refractivity contribution < 1.29 is 53.4 Å². The fourth-order valence-corrected chi connectivity index (χ4v) is 3.68. The first kappa shape index (κ1) is 29.3. The summed E-state index contributed by atoms with van der Waals surface area (Å²) in [5.74, 6) is -9.53. The molecule has 12 heteroatoms. The van der Waals surface area contributed by atoms with E-state index in [2.05, 4.69) is 16.6 Å². The van der Waals surface area contributed by atoms with Crippen LogP contribution in [0.25, 0.3) is 11.1 Å². The highest BCUT2D eigenvalue weighted by atomic mass is 19.3. The minimum atomic E-state index is -4.69. The first-order chi connectivity index (χ1) is 19.3. The van der Waals surface area contributed by atoms with Gasteiger partial charge in [-0.25, -0.2) is 35.1 Å². The Morgan fingerprint density at radius 1 is 0.634 bits per heavy atom. The molecule has 0 fully saturated rings. The van der Waals surface area contributed by atoms with Gasteiger partial charge in [0, 0.05) is 35.4 Å². The van der Waals surface area contributed by atoms with Gasteiger partial charge in [0.05, 0.1) is 12.2 Å². The Morgan fingerprint density at radius 3 is 1.73 bits per heavy atom. The summed E-state index contributed by atoms with van der Waals surface area (Å²) in [6.45, 7) is 1.49. The molecule has 0 aliphatic carbocycles. The van der Waals surface area contributed by atoms with E-state index in [1.54, 1.807) is 0 Å². The monoisotopic (exact) mass is 584 g/mol. The van der Waals surface area contributed by atoms with Gasteiger partial charge in [-0.15, -0.1) is 0 Å². The molecule has 0 saturated carbocycles. The summed E-state index contributed by atoms with van der Waals surface area (Å²) >= 11 is 0. The number of benzene rings is 4.